The number of ether oxygens (including phenoxy) is 2. The highest BCUT2D eigenvalue weighted by atomic mass is 16.5. The van der Waals surface area contributed by atoms with E-state index in [1.807, 2.05) is 13.0 Å². The number of carboxylic acid groups (broad SMARTS) is 1. The summed E-state index contributed by atoms with van der Waals surface area (Å²) in [6.07, 6.45) is 6.19. The number of benzene rings is 1. The van der Waals surface area contributed by atoms with E-state index in [1.165, 1.54) is 12.8 Å². The molecule has 1 aliphatic heterocycles. The molecule has 0 spiro atoms. The number of allylic oxidation sites excluding steroid dienone is 1. The highest BCUT2D eigenvalue weighted by molar-refractivity contribution is 5.87. The quantitative estimate of drug-likeness (QED) is 0.767. The van der Waals surface area contributed by atoms with Gasteiger partial charge in [-0.15, -0.1) is 0 Å². The third kappa shape index (κ3) is 3.91. The molecule has 3 rings (SSSR count). The lowest BCUT2D eigenvalue weighted by Crippen LogP contribution is -2.13. The molecule has 0 radical (unpaired) electrons. The van der Waals surface area contributed by atoms with Gasteiger partial charge in [0.1, 0.15) is 0 Å². The van der Waals surface area contributed by atoms with Crippen molar-refractivity contribution in [2.75, 3.05) is 13.7 Å². The number of hydrogen-bond acceptors (Lipinski definition) is 4. The van der Waals surface area contributed by atoms with E-state index < -0.39 is 5.97 Å². The molecule has 2 fully saturated rings. The van der Waals surface area contributed by atoms with Gasteiger partial charge in [-0.3, -0.25) is 0 Å². The van der Waals surface area contributed by atoms with Crippen LogP contribution in [0, 0.1) is 0 Å². The van der Waals surface area contributed by atoms with E-state index in [4.69, 9.17) is 9.47 Å². The smallest absolute Gasteiger partial charge is 0.333 e. The average molecular weight is 345 g/mol. The Morgan fingerprint density at radius 1 is 1.28 bits per heavy atom. The van der Waals surface area contributed by atoms with E-state index in [9.17, 15) is 9.90 Å². The fraction of sp³-hybridized carbons (Fsp3) is 0.550. The molecule has 0 unspecified atom stereocenters. The first-order valence-electron chi connectivity index (χ1n) is 9.16. The Morgan fingerprint density at radius 2 is 2.04 bits per heavy atom. The molecule has 2 aliphatic rings. The van der Waals surface area contributed by atoms with Crippen molar-refractivity contribution in [3.8, 4) is 11.5 Å². The van der Waals surface area contributed by atoms with E-state index >= 15 is 0 Å². The predicted molar refractivity (Wildman–Crippen MR) is 96.2 cm³/mol. The van der Waals surface area contributed by atoms with Crippen LogP contribution in [0.4, 0.5) is 0 Å². The molecule has 1 heterocycles. The molecule has 0 bridgehead atoms. The largest absolute Gasteiger partial charge is 0.493 e. The summed E-state index contributed by atoms with van der Waals surface area (Å²) in [7, 11) is 1.66. The van der Waals surface area contributed by atoms with Crippen LogP contribution in [0.15, 0.2) is 29.5 Å². The second kappa shape index (κ2) is 7.81. The number of aliphatic carboxylic acids is 1. The molecule has 5 nitrogen and oxygen atoms in total. The average Bonchev–Trinajstić information content (AvgIpc) is 3.27. The first-order valence-corrected chi connectivity index (χ1v) is 9.16. The van der Waals surface area contributed by atoms with E-state index in [-0.39, 0.29) is 12.0 Å². The SMILES string of the molecule is CC/C(C(=O)O)=C1/C[C@@H](c2ccc(OC)c(OC3CCCC3)c2)CN1. The van der Waals surface area contributed by atoms with Gasteiger partial charge in [0.25, 0.3) is 0 Å². The second-order valence-corrected chi connectivity index (χ2v) is 6.83. The molecule has 1 saturated carbocycles. The predicted octanol–water partition coefficient (Wildman–Crippen LogP) is 3.84. The third-order valence-corrected chi connectivity index (χ3v) is 5.24. The monoisotopic (exact) mass is 345 g/mol. The Morgan fingerprint density at radius 3 is 2.68 bits per heavy atom. The molecule has 25 heavy (non-hydrogen) atoms. The molecule has 1 saturated heterocycles. The summed E-state index contributed by atoms with van der Waals surface area (Å²) in [4.78, 5) is 11.4. The van der Waals surface area contributed by atoms with Crippen LogP contribution >= 0.6 is 0 Å². The van der Waals surface area contributed by atoms with Crippen LogP contribution in [0.25, 0.3) is 0 Å². The number of carboxylic acids is 1. The van der Waals surface area contributed by atoms with Gasteiger partial charge in [0.2, 0.25) is 0 Å². The van der Waals surface area contributed by atoms with E-state index in [0.717, 1.165) is 48.6 Å². The zero-order valence-corrected chi connectivity index (χ0v) is 15.0. The number of hydrogen-bond donors (Lipinski definition) is 2. The Hall–Kier alpha value is -2.17. The van der Waals surface area contributed by atoms with E-state index in [1.54, 1.807) is 7.11 Å². The van der Waals surface area contributed by atoms with Crippen molar-refractivity contribution in [3.05, 3.63) is 35.0 Å². The van der Waals surface area contributed by atoms with Gasteiger partial charge in [0, 0.05) is 18.2 Å². The summed E-state index contributed by atoms with van der Waals surface area (Å²) in [6, 6.07) is 6.08. The second-order valence-electron chi connectivity index (χ2n) is 6.83. The number of methoxy groups -OCH3 is 1. The van der Waals surface area contributed by atoms with Crippen LogP contribution < -0.4 is 14.8 Å². The van der Waals surface area contributed by atoms with Gasteiger partial charge in [-0.25, -0.2) is 4.79 Å². The molecule has 5 heteroatoms. The molecule has 0 amide bonds. The summed E-state index contributed by atoms with van der Waals surface area (Å²) in [5, 5.41) is 12.6. The highest BCUT2D eigenvalue weighted by Crippen LogP contribution is 2.37. The molecule has 1 aliphatic carbocycles. The van der Waals surface area contributed by atoms with Crippen LogP contribution in [0.5, 0.6) is 11.5 Å². The van der Waals surface area contributed by atoms with Crippen molar-refractivity contribution in [1.29, 1.82) is 0 Å². The van der Waals surface area contributed by atoms with Crippen LogP contribution in [0.3, 0.4) is 0 Å². The van der Waals surface area contributed by atoms with Gasteiger partial charge in [-0.05, 0) is 56.2 Å². The Bertz CT molecular complexity index is 662. The maximum absolute atomic E-state index is 11.4. The zero-order chi connectivity index (χ0) is 17.8. The Kier molecular flexibility index (Phi) is 5.51. The lowest BCUT2D eigenvalue weighted by molar-refractivity contribution is -0.132. The van der Waals surface area contributed by atoms with Crippen molar-refractivity contribution in [3.63, 3.8) is 0 Å². The molecule has 136 valence electrons. The number of rotatable bonds is 6. The van der Waals surface area contributed by atoms with Crippen LogP contribution in [0.2, 0.25) is 0 Å². The maximum atomic E-state index is 11.4. The van der Waals surface area contributed by atoms with Gasteiger partial charge < -0.3 is 19.9 Å². The number of nitrogens with one attached hydrogen (secondary N) is 1. The summed E-state index contributed by atoms with van der Waals surface area (Å²) in [6.45, 7) is 2.63. The minimum atomic E-state index is -0.828. The van der Waals surface area contributed by atoms with Gasteiger partial charge in [0.15, 0.2) is 11.5 Å². The van der Waals surface area contributed by atoms with Gasteiger partial charge in [-0.1, -0.05) is 13.0 Å². The summed E-state index contributed by atoms with van der Waals surface area (Å²) in [5.74, 6) is 0.994. The van der Waals surface area contributed by atoms with Crippen molar-refractivity contribution >= 4 is 5.97 Å². The zero-order valence-electron chi connectivity index (χ0n) is 15.0. The minimum Gasteiger partial charge on any atom is -0.493 e. The molecule has 0 aromatic heterocycles. The fourth-order valence-electron chi connectivity index (χ4n) is 3.82. The molecule has 1 atom stereocenters. The van der Waals surface area contributed by atoms with Crippen molar-refractivity contribution in [2.24, 2.45) is 0 Å². The number of carbonyl (C=O) groups is 1. The first-order chi connectivity index (χ1) is 12.1. The Balaban J connectivity index is 1.79. The summed E-state index contributed by atoms with van der Waals surface area (Å²) in [5.41, 5.74) is 2.50. The Labute approximate surface area is 149 Å². The van der Waals surface area contributed by atoms with Gasteiger partial charge in [0.05, 0.1) is 18.8 Å². The van der Waals surface area contributed by atoms with Crippen LogP contribution in [-0.2, 0) is 4.79 Å². The molecule has 2 N–H and O–H groups in total. The van der Waals surface area contributed by atoms with Crippen LogP contribution in [0.1, 0.15) is 56.9 Å². The summed E-state index contributed by atoms with van der Waals surface area (Å²) < 4.78 is 11.6. The third-order valence-electron chi connectivity index (χ3n) is 5.24. The maximum Gasteiger partial charge on any atom is 0.333 e. The molecular weight excluding hydrogens is 318 g/mol. The van der Waals surface area contributed by atoms with Crippen molar-refractivity contribution in [1.82, 2.24) is 5.32 Å². The molecule has 1 aromatic rings. The lowest BCUT2D eigenvalue weighted by atomic mass is 9.95. The van der Waals surface area contributed by atoms with Gasteiger partial charge in [-0.2, -0.15) is 0 Å². The van der Waals surface area contributed by atoms with Crippen molar-refractivity contribution < 1.29 is 19.4 Å². The first kappa shape index (κ1) is 17.6. The highest BCUT2D eigenvalue weighted by Gasteiger charge is 2.26. The topological polar surface area (TPSA) is 67.8 Å². The standard InChI is InChI=1S/C20H27NO4/c1-3-16(20(22)23)17-10-14(12-21-17)13-8-9-18(24-2)19(11-13)25-15-6-4-5-7-15/h8-9,11,14-15,21H,3-7,10,12H2,1-2H3,(H,22,23)/b17-16+/t14-/m1/s1. The van der Waals surface area contributed by atoms with Crippen molar-refractivity contribution in [2.45, 2.75) is 57.5 Å². The summed E-state index contributed by atoms with van der Waals surface area (Å²) >= 11 is 0. The minimum absolute atomic E-state index is 0.257. The molecular formula is C20H27NO4. The lowest BCUT2D eigenvalue weighted by Gasteiger charge is -2.18. The van der Waals surface area contributed by atoms with E-state index in [2.05, 4.69) is 17.4 Å². The normalized spacial score (nSPS) is 22.6. The fourth-order valence-corrected chi connectivity index (χ4v) is 3.82. The van der Waals surface area contributed by atoms with Gasteiger partial charge >= 0.3 is 5.97 Å². The van der Waals surface area contributed by atoms with E-state index in [0.29, 0.717) is 12.0 Å². The van der Waals surface area contributed by atoms with Crippen LogP contribution in [-0.4, -0.2) is 30.8 Å². The molecule has 1 aromatic carbocycles.